The zero-order chi connectivity index (χ0) is 16.3. The van der Waals surface area contributed by atoms with Crippen LogP contribution in [0.3, 0.4) is 0 Å². The SMILES string of the molecule is CC(NC(=O)CNC1(CO)CCc2ccccc21)c1ccco1. The summed E-state index contributed by atoms with van der Waals surface area (Å²) >= 11 is 0. The number of amides is 1. The first kappa shape index (κ1) is 15.8. The van der Waals surface area contributed by atoms with Crippen LogP contribution in [-0.4, -0.2) is 24.2 Å². The van der Waals surface area contributed by atoms with Crippen molar-refractivity contribution in [3.63, 3.8) is 0 Å². The molecule has 1 amide bonds. The largest absolute Gasteiger partial charge is 0.467 e. The number of aryl methyl sites for hydroxylation is 1. The van der Waals surface area contributed by atoms with Crippen LogP contribution >= 0.6 is 0 Å². The van der Waals surface area contributed by atoms with Gasteiger partial charge >= 0.3 is 0 Å². The van der Waals surface area contributed by atoms with Crippen LogP contribution in [-0.2, 0) is 16.8 Å². The summed E-state index contributed by atoms with van der Waals surface area (Å²) in [7, 11) is 0. The lowest BCUT2D eigenvalue weighted by atomic mass is 9.92. The molecule has 5 heteroatoms. The average Bonchev–Trinajstić information content (AvgIpc) is 3.22. The van der Waals surface area contributed by atoms with E-state index < -0.39 is 5.54 Å². The van der Waals surface area contributed by atoms with Gasteiger partial charge in [-0.1, -0.05) is 24.3 Å². The van der Waals surface area contributed by atoms with Crippen molar-refractivity contribution in [2.45, 2.75) is 31.3 Å². The number of benzene rings is 1. The fourth-order valence-corrected chi connectivity index (χ4v) is 3.24. The van der Waals surface area contributed by atoms with Crippen LogP contribution < -0.4 is 10.6 Å². The van der Waals surface area contributed by atoms with E-state index >= 15 is 0 Å². The molecule has 3 rings (SSSR count). The highest BCUT2D eigenvalue weighted by molar-refractivity contribution is 5.78. The van der Waals surface area contributed by atoms with Gasteiger partial charge in [-0.15, -0.1) is 0 Å². The molecular weight excluding hydrogens is 292 g/mol. The van der Waals surface area contributed by atoms with Gasteiger partial charge in [-0.05, 0) is 43.0 Å². The van der Waals surface area contributed by atoms with Crippen molar-refractivity contribution >= 4 is 5.91 Å². The van der Waals surface area contributed by atoms with Gasteiger partial charge in [-0.2, -0.15) is 0 Å². The van der Waals surface area contributed by atoms with Crippen molar-refractivity contribution in [2.24, 2.45) is 0 Å². The van der Waals surface area contributed by atoms with Gasteiger partial charge < -0.3 is 14.8 Å². The predicted molar refractivity (Wildman–Crippen MR) is 86.8 cm³/mol. The topological polar surface area (TPSA) is 74.5 Å². The highest BCUT2D eigenvalue weighted by Gasteiger charge is 2.37. The van der Waals surface area contributed by atoms with Crippen LogP contribution in [0.2, 0.25) is 0 Å². The van der Waals surface area contributed by atoms with Gasteiger partial charge in [-0.3, -0.25) is 10.1 Å². The van der Waals surface area contributed by atoms with Crippen molar-refractivity contribution in [1.29, 1.82) is 0 Å². The van der Waals surface area contributed by atoms with E-state index in [0.29, 0.717) is 0 Å². The van der Waals surface area contributed by atoms with Crippen molar-refractivity contribution in [3.8, 4) is 0 Å². The van der Waals surface area contributed by atoms with E-state index in [1.165, 1.54) is 5.56 Å². The average molecular weight is 314 g/mol. The van der Waals surface area contributed by atoms with Crippen molar-refractivity contribution < 1.29 is 14.3 Å². The van der Waals surface area contributed by atoms with Crippen molar-refractivity contribution in [2.75, 3.05) is 13.2 Å². The molecule has 1 aliphatic rings. The Bertz CT molecular complexity index is 669. The summed E-state index contributed by atoms with van der Waals surface area (Å²) in [5, 5.41) is 16.1. The lowest BCUT2D eigenvalue weighted by Crippen LogP contribution is -2.48. The molecule has 0 fully saturated rings. The van der Waals surface area contributed by atoms with Gasteiger partial charge in [0.05, 0.1) is 31.0 Å². The standard InChI is InChI=1S/C18H22N2O3/c1-13(16-7-4-10-23-16)20-17(22)11-19-18(12-21)9-8-14-5-2-3-6-15(14)18/h2-7,10,13,19,21H,8-9,11-12H2,1H3,(H,20,22). The molecule has 23 heavy (non-hydrogen) atoms. The number of aliphatic hydroxyl groups is 1. The fraction of sp³-hybridized carbons (Fsp3) is 0.389. The molecule has 0 radical (unpaired) electrons. The third-order valence-electron chi connectivity index (χ3n) is 4.56. The summed E-state index contributed by atoms with van der Waals surface area (Å²) in [5.41, 5.74) is 1.80. The maximum absolute atomic E-state index is 12.2. The second-order valence-electron chi connectivity index (χ2n) is 6.06. The number of nitrogens with one attached hydrogen (secondary N) is 2. The second-order valence-corrected chi connectivity index (χ2v) is 6.06. The van der Waals surface area contributed by atoms with E-state index in [2.05, 4.69) is 16.7 Å². The quantitative estimate of drug-likeness (QED) is 0.761. The number of carbonyl (C=O) groups is 1. The molecule has 2 aromatic rings. The van der Waals surface area contributed by atoms with Gasteiger partial charge in [0.2, 0.25) is 5.91 Å². The minimum Gasteiger partial charge on any atom is -0.467 e. The Morgan fingerprint density at radius 2 is 2.17 bits per heavy atom. The van der Waals surface area contributed by atoms with Gasteiger partial charge in [-0.25, -0.2) is 0 Å². The molecule has 1 aromatic carbocycles. The van der Waals surface area contributed by atoms with E-state index in [4.69, 9.17) is 4.42 Å². The fourth-order valence-electron chi connectivity index (χ4n) is 3.24. The summed E-state index contributed by atoms with van der Waals surface area (Å²) in [6.45, 7) is 2.01. The Balaban J connectivity index is 1.62. The maximum Gasteiger partial charge on any atom is 0.234 e. The molecule has 1 heterocycles. The molecule has 2 atom stereocenters. The first-order chi connectivity index (χ1) is 11.1. The Labute approximate surface area is 135 Å². The molecule has 1 aliphatic carbocycles. The first-order valence-corrected chi connectivity index (χ1v) is 7.92. The molecule has 5 nitrogen and oxygen atoms in total. The number of hydrogen-bond donors (Lipinski definition) is 3. The van der Waals surface area contributed by atoms with Crippen molar-refractivity contribution in [1.82, 2.24) is 10.6 Å². The molecule has 2 unspecified atom stereocenters. The lowest BCUT2D eigenvalue weighted by Gasteiger charge is -2.29. The van der Waals surface area contributed by atoms with Gasteiger partial charge in [0.25, 0.3) is 0 Å². The number of aliphatic hydroxyl groups excluding tert-OH is 1. The van der Waals surface area contributed by atoms with Gasteiger partial charge in [0.15, 0.2) is 0 Å². The number of hydrogen-bond acceptors (Lipinski definition) is 4. The van der Waals surface area contributed by atoms with Crippen molar-refractivity contribution in [3.05, 3.63) is 59.5 Å². The molecular formula is C18H22N2O3. The molecule has 0 bridgehead atoms. The highest BCUT2D eigenvalue weighted by atomic mass is 16.3. The number of rotatable bonds is 6. The Morgan fingerprint density at radius 1 is 1.35 bits per heavy atom. The number of fused-ring (bicyclic) bond motifs is 1. The van der Waals surface area contributed by atoms with Crippen LogP contribution in [0.15, 0.2) is 47.1 Å². The van der Waals surface area contributed by atoms with E-state index in [-0.39, 0.29) is 25.1 Å². The molecule has 0 spiro atoms. The van der Waals surface area contributed by atoms with E-state index in [1.807, 2.05) is 31.2 Å². The third-order valence-corrected chi connectivity index (χ3v) is 4.56. The van der Waals surface area contributed by atoms with Gasteiger partial charge in [0, 0.05) is 0 Å². The Hall–Kier alpha value is -2.11. The van der Waals surface area contributed by atoms with Crippen LogP contribution in [0.5, 0.6) is 0 Å². The van der Waals surface area contributed by atoms with Crippen LogP contribution in [0.4, 0.5) is 0 Å². The second kappa shape index (κ2) is 6.56. The number of furan rings is 1. The normalized spacial score (nSPS) is 21.0. The Morgan fingerprint density at radius 3 is 2.91 bits per heavy atom. The molecule has 0 aliphatic heterocycles. The summed E-state index contributed by atoms with van der Waals surface area (Å²) in [4.78, 5) is 12.2. The van der Waals surface area contributed by atoms with Crippen LogP contribution in [0.25, 0.3) is 0 Å². The zero-order valence-corrected chi connectivity index (χ0v) is 13.2. The monoisotopic (exact) mass is 314 g/mol. The minimum absolute atomic E-state index is 0.0228. The van der Waals surface area contributed by atoms with Gasteiger partial charge in [0.1, 0.15) is 5.76 Å². The highest BCUT2D eigenvalue weighted by Crippen LogP contribution is 2.36. The number of carbonyl (C=O) groups excluding carboxylic acids is 1. The molecule has 0 saturated heterocycles. The summed E-state index contributed by atoms with van der Waals surface area (Å²) in [6, 6.07) is 11.5. The summed E-state index contributed by atoms with van der Waals surface area (Å²) in [5.74, 6) is 0.604. The molecule has 122 valence electrons. The molecule has 3 N–H and O–H groups in total. The lowest BCUT2D eigenvalue weighted by molar-refractivity contribution is -0.121. The zero-order valence-electron chi connectivity index (χ0n) is 13.2. The minimum atomic E-state index is -0.526. The first-order valence-electron chi connectivity index (χ1n) is 7.92. The van der Waals surface area contributed by atoms with E-state index in [0.717, 1.165) is 24.2 Å². The molecule has 1 aromatic heterocycles. The predicted octanol–water partition coefficient (Wildman–Crippen LogP) is 1.88. The Kier molecular flexibility index (Phi) is 4.50. The summed E-state index contributed by atoms with van der Waals surface area (Å²) in [6.07, 6.45) is 3.30. The van der Waals surface area contributed by atoms with E-state index in [9.17, 15) is 9.90 Å². The van der Waals surface area contributed by atoms with Crippen LogP contribution in [0.1, 0.15) is 36.3 Å². The summed E-state index contributed by atoms with van der Waals surface area (Å²) < 4.78 is 5.29. The third kappa shape index (κ3) is 3.16. The smallest absolute Gasteiger partial charge is 0.234 e. The molecule has 0 saturated carbocycles. The maximum atomic E-state index is 12.2. The van der Waals surface area contributed by atoms with Crippen LogP contribution in [0, 0.1) is 0 Å². The van der Waals surface area contributed by atoms with E-state index in [1.54, 1.807) is 12.3 Å².